The molecule has 0 radical (unpaired) electrons. The van der Waals surface area contributed by atoms with Crippen LogP contribution in [0.25, 0.3) is 0 Å². The number of methoxy groups -OCH3 is 1. The molecule has 0 aliphatic carbocycles. The van der Waals surface area contributed by atoms with E-state index < -0.39 is 0 Å². The summed E-state index contributed by atoms with van der Waals surface area (Å²) in [6.45, 7) is 3.55. The number of nitrogens with one attached hydrogen (secondary N) is 2. The van der Waals surface area contributed by atoms with Crippen LogP contribution in [0.3, 0.4) is 0 Å². The first kappa shape index (κ1) is 16.8. The fraction of sp³-hybridized carbons (Fsp3) is 0.333. The highest BCUT2D eigenvalue weighted by Gasteiger charge is 2.05. The molecule has 0 spiro atoms. The molecule has 1 heterocycles. The van der Waals surface area contributed by atoms with Gasteiger partial charge in [0.05, 0.1) is 12.7 Å². The molecular formula is C18H23N3O2. The van der Waals surface area contributed by atoms with Gasteiger partial charge in [0.25, 0.3) is 5.91 Å². The molecule has 1 amide bonds. The second-order valence-electron chi connectivity index (χ2n) is 5.21. The lowest BCUT2D eigenvalue weighted by Crippen LogP contribution is -2.25. The van der Waals surface area contributed by atoms with Crippen LogP contribution in [-0.2, 0) is 6.42 Å². The first-order valence-electron chi connectivity index (χ1n) is 7.84. The molecule has 2 N–H and O–H groups in total. The number of carbonyl (C=O) groups is 1. The average molecular weight is 313 g/mol. The number of aromatic nitrogens is 1. The van der Waals surface area contributed by atoms with Crippen molar-refractivity contribution in [1.29, 1.82) is 0 Å². The lowest BCUT2D eigenvalue weighted by Gasteiger charge is -2.07. The number of pyridine rings is 1. The summed E-state index contributed by atoms with van der Waals surface area (Å²) >= 11 is 0. The van der Waals surface area contributed by atoms with E-state index in [1.807, 2.05) is 30.3 Å². The third-order valence-electron chi connectivity index (χ3n) is 3.44. The van der Waals surface area contributed by atoms with Crippen molar-refractivity contribution in [2.24, 2.45) is 0 Å². The van der Waals surface area contributed by atoms with E-state index in [9.17, 15) is 4.79 Å². The molecule has 0 fully saturated rings. The zero-order valence-corrected chi connectivity index (χ0v) is 13.6. The Bertz CT molecular complexity index is 609. The van der Waals surface area contributed by atoms with Gasteiger partial charge in [0.15, 0.2) is 0 Å². The van der Waals surface area contributed by atoms with Gasteiger partial charge in [-0.2, -0.15) is 0 Å². The summed E-state index contributed by atoms with van der Waals surface area (Å²) in [4.78, 5) is 16.3. The first-order valence-corrected chi connectivity index (χ1v) is 7.84. The molecule has 23 heavy (non-hydrogen) atoms. The molecule has 0 aliphatic heterocycles. The molecule has 2 aromatic rings. The summed E-state index contributed by atoms with van der Waals surface area (Å²) in [5.41, 5.74) is 1.73. The molecule has 0 unspecified atom stereocenters. The van der Waals surface area contributed by atoms with Crippen LogP contribution in [0, 0.1) is 0 Å². The molecular weight excluding hydrogens is 290 g/mol. The Labute approximate surface area is 137 Å². The molecule has 0 bridgehead atoms. The van der Waals surface area contributed by atoms with Gasteiger partial charge in [-0.1, -0.05) is 19.1 Å². The number of nitrogens with zero attached hydrogens (tertiary/aromatic N) is 1. The van der Waals surface area contributed by atoms with Crippen LogP contribution in [0.4, 0.5) is 5.82 Å². The Morgan fingerprint density at radius 2 is 1.91 bits per heavy atom. The summed E-state index contributed by atoms with van der Waals surface area (Å²) in [6.07, 6.45) is 3.41. The van der Waals surface area contributed by atoms with E-state index in [4.69, 9.17) is 4.74 Å². The second-order valence-corrected chi connectivity index (χ2v) is 5.21. The number of anilines is 1. The lowest BCUT2D eigenvalue weighted by atomic mass is 10.1. The van der Waals surface area contributed by atoms with Gasteiger partial charge in [-0.15, -0.1) is 0 Å². The van der Waals surface area contributed by atoms with Crippen molar-refractivity contribution in [2.75, 3.05) is 25.5 Å². The number of carbonyl (C=O) groups excluding carboxylic acids is 1. The van der Waals surface area contributed by atoms with E-state index in [1.54, 1.807) is 19.4 Å². The summed E-state index contributed by atoms with van der Waals surface area (Å²) in [7, 11) is 1.65. The molecule has 1 aromatic carbocycles. The Kier molecular flexibility index (Phi) is 6.41. The maximum Gasteiger partial charge on any atom is 0.252 e. The summed E-state index contributed by atoms with van der Waals surface area (Å²) in [5.74, 6) is 1.52. The topological polar surface area (TPSA) is 63.2 Å². The van der Waals surface area contributed by atoms with Gasteiger partial charge in [-0.25, -0.2) is 4.98 Å². The van der Waals surface area contributed by atoms with Crippen LogP contribution < -0.4 is 15.4 Å². The highest BCUT2D eigenvalue weighted by Crippen LogP contribution is 2.11. The van der Waals surface area contributed by atoms with Gasteiger partial charge in [0.1, 0.15) is 11.6 Å². The number of rotatable bonds is 8. The molecule has 2 rings (SSSR count). The van der Waals surface area contributed by atoms with E-state index in [0.717, 1.165) is 36.5 Å². The van der Waals surface area contributed by atoms with Gasteiger partial charge in [0, 0.05) is 19.3 Å². The maximum absolute atomic E-state index is 12.1. The number of hydrogen-bond acceptors (Lipinski definition) is 4. The smallest absolute Gasteiger partial charge is 0.252 e. The molecule has 0 atom stereocenters. The zero-order chi connectivity index (χ0) is 16.5. The molecule has 0 saturated heterocycles. The quantitative estimate of drug-likeness (QED) is 0.786. The van der Waals surface area contributed by atoms with E-state index in [2.05, 4.69) is 22.5 Å². The average Bonchev–Trinajstić information content (AvgIpc) is 2.61. The lowest BCUT2D eigenvalue weighted by molar-refractivity contribution is 0.0954. The summed E-state index contributed by atoms with van der Waals surface area (Å²) < 4.78 is 5.12. The molecule has 0 aliphatic rings. The largest absolute Gasteiger partial charge is 0.497 e. The minimum Gasteiger partial charge on any atom is -0.497 e. The van der Waals surface area contributed by atoms with Crippen molar-refractivity contribution in [2.45, 2.75) is 19.8 Å². The Morgan fingerprint density at radius 1 is 1.13 bits per heavy atom. The van der Waals surface area contributed by atoms with Crippen LogP contribution >= 0.6 is 0 Å². The number of benzene rings is 1. The number of hydrogen-bond donors (Lipinski definition) is 2. The van der Waals surface area contributed by atoms with E-state index in [1.165, 1.54) is 0 Å². The van der Waals surface area contributed by atoms with Crippen molar-refractivity contribution >= 4 is 11.7 Å². The molecule has 5 nitrogen and oxygen atoms in total. The van der Waals surface area contributed by atoms with Gasteiger partial charge >= 0.3 is 0 Å². The fourth-order valence-corrected chi connectivity index (χ4v) is 2.10. The summed E-state index contributed by atoms with van der Waals surface area (Å²) in [5, 5.41) is 6.09. The highest BCUT2D eigenvalue weighted by atomic mass is 16.5. The van der Waals surface area contributed by atoms with Crippen LogP contribution in [0.2, 0.25) is 0 Å². The molecule has 0 saturated carbocycles. The van der Waals surface area contributed by atoms with Crippen molar-refractivity contribution < 1.29 is 9.53 Å². The van der Waals surface area contributed by atoms with Gasteiger partial charge < -0.3 is 15.4 Å². The van der Waals surface area contributed by atoms with E-state index in [-0.39, 0.29) is 5.91 Å². The van der Waals surface area contributed by atoms with Crippen LogP contribution in [0.15, 0.2) is 42.6 Å². The van der Waals surface area contributed by atoms with Crippen molar-refractivity contribution in [3.63, 3.8) is 0 Å². The molecule has 5 heteroatoms. The van der Waals surface area contributed by atoms with Gasteiger partial charge in [0.2, 0.25) is 0 Å². The molecule has 122 valence electrons. The van der Waals surface area contributed by atoms with Crippen LogP contribution in [0.5, 0.6) is 5.75 Å². The Hall–Kier alpha value is -2.56. The standard InChI is InChI=1S/C18H23N3O2/c1-3-11-19-17-9-6-15(13-21-17)18(22)20-12-10-14-4-7-16(23-2)8-5-14/h4-9,13H,3,10-12H2,1-2H3,(H,19,21)(H,20,22). The minimum absolute atomic E-state index is 0.104. The normalized spacial score (nSPS) is 10.2. The number of ether oxygens (including phenoxy) is 1. The van der Waals surface area contributed by atoms with Crippen molar-refractivity contribution in [1.82, 2.24) is 10.3 Å². The predicted octanol–water partition coefficient (Wildman–Crippen LogP) is 2.88. The third-order valence-corrected chi connectivity index (χ3v) is 3.44. The highest BCUT2D eigenvalue weighted by molar-refractivity contribution is 5.94. The Balaban J connectivity index is 1.79. The van der Waals surface area contributed by atoms with Crippen molar-refractivity contribution in [3.8, 4) is 5.75 Å². The van der Waals surface area contributed by atoms with E-state index in [0.29, 0.717) is 12.1 Å². The second kappa shape index (κ2) is 8.78. The molecule has 1 aromatic heterocycles. The SMILES string of the molecule is CCCNc1ccc(C(=O)NCCc2ccc(OC)cc2)cn1. The monoisotopic (exact) mass is 313 g/mol. The summed E-state index contributed by atoms with van der Waals surface area (Å²) in [6, 6.07) is 11.5. The number of amides is 1. The van der Waals surface area contributed by atoms with Gasteiger partial charge in [-0.05, 0) is 42.7 Å². The third kappa shape index (κ3) is 5.29. The fourth-order valence-electron chi connectivity index (χ4n) is 2.10. The predicted molar refractivity (Wildman–Crippen MR) is 92.0 cm³/mol. The Morgan fingerprint density at radius 3 is 2.52 bits per heavy atom. The zero-order valence-electron chi connectivity index (χ0n) is 13.6. The van der Waals surface area contributed by atoms with Crippen LogP contribution in [0.1, 0.15) is 29.3 Å². The first-order chi connectivity index (χ1) is 11.2. The van der Waals surface area contributed by atoms with Gasteiger partial charge in [-0.3, -0.25) is 4.79 Å². The van der Waals surface area contributed by atoms with Crippen molar-refractivity contribution in [3.05, 3.63) is 53.7 Å². The van der Waals surface area contributed by atoms with E-state index >= 15 is 0 Å². The minimum atomic E-state index is -0.104. The van der Waals surface area contributed by atoms with Crippen LogP contribution in [-0.4, -0.2) is 31.1 Å². The maximum atomic E-state index is 12.1.